The number of carbonyl (C=O) groups is 1. The fraction of sp³-hybridized carbons (Fsp3) is 0.500. The molecule has 1 aliphatic rings. The second-order valence-corrected chi connectivity index (χ2v) is 7.30. The van der Waals surface area contributed by atoms with E-state index in [1.807, 2.05) is 0 Å². The van der Waals surface area contributed by atoms with Gasteiger partial charge in [-0.1, -0.05) is 36.0 Å². The fourth-order valence-electron chi connectivity index (χ4n) is 3.20. The first-order valence-corrected chi connectivity index (χ1v) is 9.58. The van der Waals surface area contributed by atoms with Crippen molar-refractivity contribution in [2.75, 3.05) is 31.9 Å². The van der Waals surface area contributed by atoms with Crippen LogP contribution in [-0.4, -0.2) is 52.9 Å². The van der Waals surface area contributed by atoms with E-state index in [-0.39, 0.29) is 5.91 Å². The zero-order valence-corrected chi connectivity index (χ0v) is 15.5. The van der Waals surface area contributed by atoms with Gasteiger partial charge in [0.2, 0.25) is 11.8 Å². The minimum atomic E-state index is -0.00416. The lowest BCUT2D eigenvalue weighted by Crippen LogP contribution is -2.34. The molecule has 1 aromatic carbocycles. The summed E-state index contributed by atoms with van der Waals surface area (Å²) in [5, 5.41) is 11.0. The van der Waals surface area contributed by atoms with Gasteiger partial charge in [0.1, 0.15) is 0 Å². The van der Waals surface area contributed by atoms with Crippen molar-refractivity contribution in [1.29, 1.82) is 0 Å². The quantitative estimate of drug-likeness (QED) is 0.765. The van der Waals surface area contributed by atoms with Crippen molar-refractivity contribution in [1.82, 2.24) is 20.4 Å². The zero-order chi connectivity index (χ0) is 17.6. The minimum Gasteiger partial charge on any atom is -0.416 e. The highest BCUT2D eigenvalue weighted by atomic mass is 32.2. The number of hydrogen-bond acceptors (Lipinski definition) is 6. The first-order valence-electron chi connectivity index (χ1n) is 8.59. The van der Waals surface area contributed by atoms with Gasteiger partial charge in [0, 0.05) is 26.6 Å². The molecule has 0 radical (unpaired) electrons. The summed E-state index contributed by atoms with van der Waals surface area (Å²) in [7, 11) is 0. The van der Waals surface area contributed by atoms with Crippen LogP contribution in [0.15, 0.2) is 33.9 Å². The van der Waals surface area contributed by atoms with E-state index in [2.05, 4.69) is 51.6 Å². The Hall–Kier alpha value is -1.86. The van der Waals surface area contributed by atoms with Crippen LogP contribution in [0.5, 0.6) is 0 Å². The molecule has 0 spiro atoms. The van der Waals surface area contributed by atoms with Crippen LogP contribution in [0.1, 0.15) is 29.4 Å². The maximum absolute atomic E-state index is 11.9. The molecule has 25 heavy (non-hydrogen) atoms. The predicted octanol–water partition coefficient (Wildman–Crippen LogP) is 2.38. The van der Waals surface area contributed by atoms with Crippen molar-refractivity contribution in [3.8, 4) is 0 Å². The lowest BCUT2D eigenvalue weighted by Gasteiger charge is -2.17. The molecule has 7 heteroatoms. The standard InChI is InChI=1S/C18H24N4O2S/c1-13-5-3-4-6-16(13)15-7-9-22(11-15)10-8-19-17(23)12-25-18-21-20-14(2)24-18/h3-6,15H,7-12H2,1-2H3,(H,19,23)/t15-/m1/s1. The molecular weight excluding hydrogens is 336 g/mol. The Bertz CT molecular complexity index is 719. The minimum absolute atomic E-state index is 0.00416. The number of benzene rings is 1. The lowest BCUT2D eigenvalue weighted by atomic mass is 9.94. The number of amides is 1. The molecule has 1 atom stereocenters. The Morgan fingerprint density at radius 1 is 1.36 bits per heavy atom. The van der Waals surface area contributed by atoms with Gasteiger partial charge < -0.3 is 14.6 Å². The lowest BCUT2D eigenvalue weighted by molar-refractivity contribution is -0.118. The SMILES string of the molecule is Cc1nnc(SCC(=O)NCCN2CC[C@@H](c3ccccc3C)C2)o1. The van der Waals surface area contributed by atoms with Crippen molar-refractivity contribution >= 4 is 17.7 Å². The van der Waals surface area contributed by atoms with Gasteiger partial charge in [0.15, 0.2) is 0 Å². The average Bonchev–Trinajstić information content (AvgIpc) is 3.22. The molecular formula is C18H24N4O2S. The van der Waals surface area contributed by atoms with E-state index in [1.165, 1.54) is 29.3 Å². The molecule has 1 saturated heterocycles. The topological polar surface area (TPSA) is 71.3 Å². The molecule has 1 aliphatic heterocycles. The summed E-state index contributed by atoms with van der Waals surface area (Å²) < 4.78 is 5.24. The van der Waals surface area contributed by atoms with Gasteiger partial charge in [-0.3, -0.25) is 4.79 Å². The molecule has 0 unspecified atom stereocenters. The molecule has 0 saturated carbocycles. The number of likely N-dealkylation sites (tertiary alicyclic amines) is 1. The van der Waals surface area contributed by atoms with Crippen molar-refractivity contribution < 1.29 is 9.21 Å². The van der Waals surface area contributed by atoms with E-state index >= 15 is 0 Å². The van der Waals surface area contributed by atoms with E-state index in [4.69, 9.17) is 4.42 Å². The van der Waals surface area contributed by atoms with E-state index in [9.17, 15) is 4.79 Å². The fourth-order valence-corrected chi connectivity index (χ4v) is 3.84. The molecule has 0 aliphatic carbocycles. The summed E-state index contributed by atoms with van der Waals surface area (Å²) in [6.07, 6.45) is 1.19. The van der Waals surface area contributed by atoms with Crippen LogP contribution < -0.4 is 5.32 Å². The molecule has 1 fully saturated rings. The molecule has 3 rings (SSSR count). The summed E-state index contributed by atoms with van der Waals surface area (Å²) in [4.78, 5) is 14.3. The number of thioether (sulfide) groups is 1. The summed E-state index contributed by atoms with van der Waals surface area (Å²) in [5.74, 6) is 1.41. The summed E-state index contributed by atoms with van der Waals surface area (Å²) in [6, 6.07) is 8.63. The van der Waals surface area contributed by atoms with Crippen molar-refractivity contribution in [2.24, 2.45) is 0 Å². The van der Waals surface area contributed by atoms with E-state index < -0.39 is 0 Å². The summed E-state index contributed by atoms with van der Waals surface area (Å²) in [5.41, 5.74) is 2.83. The number of nitrogens with one attached hydrogen (secondary N) is 1. The molecule has 1 amide bonds. The Kier molecular flexibility index (Phi) is 6.09. The third-order valence-electron chi connectivity index (χ3n) is 4.49. The Morgan fingerprint density at radius 3 is 2.96 bits per heavy atom. The smallest absolute Gasteiger partial charge is 0.277 e. The van der Waals surface area contributed by atoms with E-state index in [0.717, 1.165) is 19.6 Å². The van der Waals surface area contributed by atoms with Crippen molar-refractivity contribution in [3.05, 3.63) is 41.3 Å². The van der Waals surface area contributed by atoms with Gasteiger partial charge in [-0.05, 0) is 36.9 Å². The third-order valence-corrected chi connectivity index (χ3v) is 5.30. The molecule has 2 heterocycles. The third kappa shape index (κ3) is 5.06. The maximum Gasteiger partial charge on any atom is 0.277 e. The van der Waals surface area contributed by atoms with Gasteiger partial charge in [-0.2, -0.15) is 0 Å². The van der Waals surface area contributed by atoms with Crippen LogP contribution in [0.2, 0.25) is 0 Å². The highest BCUT2D eigenvalue weighted by molar-refractivity contribution is 7.99. The molecule has 1 N–H and O–H groups in total. The number of aromatic nitrogens is 2. The highest BCUT2D eigenvalue weighted by Crippen LogP contribution is 2.28. The van der Waals surface area contributed by atoms with Gasteiger partial charge in [0.25, 0.3) is 5.22 Å². The van der Waals surface area contributed by atoms with Crippen LogP contribution in [0.25, 0.3) is 0 Å². The van der Waals surface area contributed by atoms with Crippen molar-refractivity contribution in [2.45, 2.75) is 31.4 Å². The highest BCUT2D eigenvalue weighted by Gasteiger charge is 2.24. The van der Waals surface area contributed by atoms with Gasteiger partial charge in [-0.25, -0.2) is 0 Å². The normalized spacial score (nSPS) is 17.8. The number of aryl methyl sites for hydroxylation is 2. The molecule has 6 nitrogen and oxygen atoms in total. The van der Waals surface area contributed by atoms with Crippen molar-refractivity contribution in [3.63, 3.8) is 0 Å². The van der Waals surface area contributed by atoms with Gasteiger partial charge in [-0.15, -0.1) is 10.2 Å². The first-order chi connectivity index (χ1) is 12.1. The van der Waals surface area contributed by atoms with Crippen LogP contribution in [0.4, 0.5) is 0 Å². The molecule has 0 bridgehead atoms. The van der Waals surface area contributed by atoms with Crippen LogP contribution >= 0.6 is 11.8 Å². The average molecular weight is 360 g/mol. The van der Waals surface area contributed by atoms with E-state index in [0.29, 0.717) is 29.3 Å². The van der Waals surface area contributed by atoms with Crippen LogP contribution in [-0.2, 0) is 4.79 Å². The number of carbonyl (C=O) groups excluding carboxylic acids is 1. The summed E-state index contributed by atoms with van der Waals surface area (Å²) in [6.45, 7) is 7.63. The maximum atomic E-state index is 11.9. The number of hydrogen-bond donors (Lipinski definition) is 1. The Balaban J connectivity index is 1.35. The number of rotatable bonds is 7. The molecule has 2 aromatic rings. The van der Waals surface area contributed by atoms with Crippen LogP contribution in [0.3, 0.4) is 0 Å². The van der Waals surface area contributed by atoms with Crippen LogP contribution in [0, 0.1) is 13.8 Å². The van der Waals surface area contributed by atoms with Gasteiger partial charge >= 0.3 is 0 Å². The summed E-state index contributed by atoms with van der Waals surface area (Å²) >= 11 is 1.27. The number of nitrogens with zero attached hydrogens (tertiary/aromatic N) is 3. The molecule has 1 aromatic heterocycles. The first kappa shape index (κ1) is 17.9. The van der Waals surface area contributed by atoms with Gasteiger partial charge in [0.05, 0.1) is 5.75 Å². The van der Waals surface area contributed by atoms with E-state index in [1.54, 1.807) is 6.92 Å². The zero-order valence-electron chi connectivity index (χ0n) is 14.7. The largest absolute Gasteiger partial charge is 0.416 e. The monoisotopic (exact) mass is 360 g/mol. The second-order valence-electron chi connectivity index (χ2n) is 6.37. The Labute approximate surface area is 152 Å². The molecule has 134 valence electrons. The Morgan fingerprint density at radius 2 is 2.20 bits per heavy atom. The predicted molar refractivity (Wildman–Crippen MR) is 97.7 cm³/mol. The second kappa shape index (κ2) is 8.49.